The van der Waals surface area contributed by atoms with E-state index in [1.807, 2.05) is 17.5 Å². The van der Waals surface area contributed by atoms with E-state index in [2.05, 4.69) is 10.3 Å². The van der Waals surface area contributed by atoms with Crippen molar-refractivity contribution in [1.82, 2.24) is 10.3 Å². The highest BCUT2D eigenvalue weighted by atomic mass is 32.1. The lowest BCUT2D eigenvalue weighted by Crippen LogP contribution is -2.20. The predicted octanol–water partition coefficient (Wildman–Crippen LogP) is 4.40. The van der Waals surface area contributed by atoms with Gasteiger partial charge < -0.3 is 10.1 Å². The maximum Gasteiger partial charge on any atom is 0.244 e. The second-order valence-electron chi connectivity index (χ2n) is 5.12. The Kier molecular flexibility index (Phi) is 5.53. The molecule has 2 aromatic heterocycles. The number of aromatic nitrogens is 1. The van der Waals surface area contributed by atoms with Crippen molar-refractivity contribution in [3.63, 3.8) is 0 Å². The molecule has 0 aliphatic heterocycles. The number of rotatable bonds is 6. The first-order valence-corrected chi connectivity index (χ1v) is 8.45. The van der Waals surface area contributed by atoms with Crippen LogP contribution in [0.5, 0.6) is 11.6 Å². The molecule has 1 N–H and O–H groups in total. The third-order valence-electron chi connectivity index (χ3n) is 3.24. The minimum Gasteiger partial charge on any atom is -0.439 e. The van der Waals surface area contributed by atoms with Gasteiger partial charge >= 0.3 is 0 Å². The van der Waals surface area contributed by atoms with Gasteiger partial charge in [0.05, 0.1) is 0 Å². The summed E-state index contributed by atoms with van der Waals surface area (Å²) in [5.74, 6) is 0.375. The Labute approximate surface area is 148 Å². The van der Waals surface area contributed by atoms with Crippen molar-refractivity contribution < 1.29 is 13.9 Å². The fraction of sp³-hybridized carbons (Fsp3) is 0.0526. The van der Waals surface area contributed by atoms with Crippen LogP contribution in [0.1, 0.15) is 10.4 Å². The van der Waals surface area contributed by atoms with Gasteiger partial charge in [0, 0.05) is 29.8 Å². The number of thiophene rings is 1. The summed E-state index contributed by atoms with van der Waals surface area (Å²) in [5.41, 5.74) is 0.852. The van der Waals surface area contributed by atoms with E-state index in [4.69, 9.17) is 4.74 Å². The summed E-state index contributed by atoms with van der Waals surface area (Å²) in [6, 6.07) is 13.1. The second kappa shape index (κ2) is 8.21. The number of pyridine rings is 1. The van der Waals surface area contributed by atoms with E-state index in [1.54, 1.807) is 35.7 Å². The summed E-state index contributed by atoms with van der Waals surface area (Å²) in [4.78, 5) is 17.0. The average molecular weight is 354 g/mol. The van der Waals surface area contributed by atoms with E-state index >= 15 is 0 Å². The van der Waals surface area contributed by atoms with Crippen LogP contribution in [0.2, 0.25) is 0 Å². The van der Waals surface area contributed by atoms with Crippen LogP contribution in [-0.4, -0.2) is 10.9 Å². The monoisotopic (exact) mass is 354 g/mol. The molecule has 0 radical (unpaired) electrons. The predicted molar refractivity (Wildman–Crippen MR) is 95.9 cm³/mol. The molecule has 0 spiro atoms. The maximum absolute atomic E-state index is 12.9. The van der Waals surface area contributed by atoms with E-state index in [1.165, 1.54) is 30.3 Å². The minimum atomic E-state index is -0.327. The molecule has 1 amide bonds. The van der Waals surface area contributed by atoms with Gasteiger partial charge in [0.1, 0.15) is 11.6 Å². The van der Waals surface area contributed by atoms with Crippen LogP contribution in [0.3, 0.4) is 0 Å². The molecular formula is C19H15FN2O2S. The molecule has 3 rings (SSSR count). The lowest BCUT2D eigenvalue weighted by molar-refractivity contribution is -0.116. The summed E-state index contributed by atoms with van der Waals surface area (Å²) >= 11 is 1.57. The van der Waals surface area contributed by atoms with Gasteiger partial charge in [-0.1, -0.05) is 6.07 Å². The molecule has 0 atom stereocenters. The minimum absolute atomic E-state index is 0.175. The molecule has 0 saturated heterocycles. The number of hydrogen-bond donors (Lipinski definition) is 1. The number of nitrogens with zero attached hydrogens (tertiary/aromatic N) is 1. The molecule has 6 heteroatoms. The van der Waals surface area contributed by atoms with Gasteiger partial charge in [-0.15, -0.1) is 11.3 Å². The summed E-state index contributed by atoms with van der Waals surface area (Å²) < 4.78 is 18.5. The first kappa shape index (κ1) is 16.9. The highest BCUT2D eigenvalue weighted by Gasteiger charge is 2.03. The Morgan fingerprint density at radius 2 is 2.08 bits per heavy atom. The van der Waals surface area contributed by atoms with Crippen LogP contribution >= 0.6 is 11.3 Å². The van der Waals surface area contributed by atoms with Gasteiger partial charge in [-0.25, -0.2) is 9.37 Å². The van der Waals surface area contributed by atoms with Crippen LogP contribution in [-0.2, 0) is 11.3 Å². The van der Waals surface area contributed by atoms with Crippen molar-refractivity contribution in [3.8, 4) is 11.6 Å². The normalized spacial score (nSPS) is 10.8. The number of benzene rings is 1. The molecule has 2 heterocycles. The number of carbonyl (C=O) groups excluding carboxylic acids is 1. The Hall–Kier alpha value is -2.99. The SMILES string of the molecule is O=C(/C=C/c1cccs1)NCc1ccnc(Oc2ccc(F)cc2)c1. The maximum atomic E-state index is 12.9. The highest BCUT2D eigenvalue weighted by Crippen LogP contribution is 2.20. The largest absolute Gasteiger partial charge is 0.439 e. The molecule has 0 bridgehead atoms. The third-order valence-corrected chi connectivity index (χ3v) is 4.08. The zero-order valence-electron chi connectivity index (χ0n) is 13.2. The van der Waals surface area contributed by atoms with Crippen molar-refractivity contribution in [1.29, 1.82) is 0 Å². The van der Waals surface area contributed by atoms with Crippen LogP contribution in [0.4, 0.5) is 4.39 Å². The fourth-order valence-electron chi connectivity index (χ4n) is 2.03. The molecule has 1 aromatic carbocycles. The second-order valence-corrected chi connectivity index (χ2v) is 6.10. The van der Waals surface area contributed by atoms with E-state index < -0.39 is 0 Å². The molecule has 126 valence electrons. The highest BCUT2D eigenvalue weighted by molar-refractivity contribution is 7.10. The van der Waals surface area contributed by atoms with Crippen LogP contribution in [0, 0.1) is 5.82 Å². The van der Waals surface area contributed by atoms with Crippen molar-refractivity contribution in [2.24, 2.45) is 0 Å². The molecule has 25 heavy (non-hydrogen) atoms. The molecule has 0 unspecified atom stereocenters. The van der Waals surface area contributed by atoms with Crippen molar-refractivity contribution >= 4 is 23.3 Å². The molecule has 3 aromatic rings. The lowest BCUT2D eigenvalue weighted by atomic mass is 10.2. The van der Waals surface area contributed by atoms with Crippen molar-refractivity contribution in [3.05, 3.63) is 82.4 Å². The third kappa shape index (κ3) is 5.26. The molecule has 0 aliphatic carbocycles. The number of amides is 1. The number of carbonyl (C=O) groups is 1. The number of halogens is 1. The first-order valence-electron chi connectivity index (χ1n) is 7.57. The average Bonchev–Trinajstić information content (AvgIpc) is 3.14. The van der Waals surface area contributed by atoms with Crippen molar-refractivity contribution in [2.45, 2.75) is 6.54 Å². The summed E-state index contributed by atoms with van der Waals surface area (Å²) in [7, 11) is 0. The van der Waals surface area contributed by atoms with Gasteiger partial charge in [0.15, 0.2) is 0 Å². The van der Waals surface area contributed by atoms with Gasteiger partial charge in [0.2, 0.25) is 11.8 Å². The van der Waals surface area contributed by atoms with E-state index in [-0.39, 0.29) is 11.7 Å². The summed E-state index contributed by atoms with van der Waals surface area (Å²) in [5, 5.41) is 4.76. The fourth-order valence-corrected chi connectivity index (χ4v) is 2.65. The Morgan fingerprint density at radius 3 is 2.84 bits per heavy atom. The van der Waals surface area contributed by atoms with E-state index in [0.29, 0.717) is 18.2 Å². The molecule has 4 nitrogen and oxygen atoms in total. The Balaban J connectivity index is 1.56. The van der Waals surface area contributed by atoms with Gasteiger partial charge in [0.25, 0.3) is 0 Å². The summed E-state index contributed by atoms with van der Waals surface area (Å²) in [6.45, 7) is 0.357. The van der Waals surface area contributed by atoms with E-state index in [0.717, 1.165) is 10.4 Å². The van der Waals surface area contributed by atoms with E-state index in [9.17, 15) is 9.18 Å². The zero-order chi connectivity index (χ0) is 17.5. The lowest BCUT2D eigenvalue weighted by Gasteiger charge is -2.07. The number of hydrogen-bond acceptors (Lipinski definition) is 4. The van der Waals surface area contributed by atoms with Crippen LogP contribution in [0.25, 0.3) is 6.08 Å². The number of ether oxygens (including phenoxy) is 1. The topological polar surface area (TPSA) is 51.2 Å². The number of nitrogens with one attached hydrogen (secondary N) is 1. The van der Waals surface area contributed by atoms with Crippen LogP contribution in [0.15, 0.2) is 66.2 Å². The smallest absolute Gasteiger partial charge is 0.244 e. The van der Waals surface area contributed by atoms with Crippen LogP contribution < -0.4 is 10.1 Å². The quantitative estimate of drug-likeness (QED) is 0.667. The molecule has 0 fully saturated rings. The molecule has 0 saturated carbocycles. The Morgan fingerprint density at radius 1 is 1.24 bits per heavy atom. The van der Waals surface area contributed by atoms with Crippen molar-refractivity contribution in [2.75, 3.05) is 0 Å². The first-order chi connectivity index (χ1) is 12.2. The van der Waals surface area contributed by atoms with Gasteiger partial charge in [-0.3, -0.25) is 4.79 Å². The standard InChI is InChI=1S/C19H15FN2O2S/c20-15-3-5-16(6-4-15)24-19-12-14(9-10-21-19)13-22-18(23)8-7-17-2-1-11-25-17/h1-12H,13H2,(H,22,23)/b8-7+. The molecular weight excluding hydrogens is 339 g/mol. The molecule has 0 aliphatic rings. The van der Waals surface area contributed by atoms with Gasteiger partial charge in [-0.2, -0.15) is 0 Å². The summed E-state index contributed by atoms with van der Waals surface area (Å²) in [6.07, 6.45) is 4.88. The zero-order valence-corrected chi connectivity index (χ0v) is 14.0. The van der Waals surface area contributed by atoms with Gasteiger partial charge in [-0.05, 0) is 53.4 Å². The Bertz CT molecular complexity index is 861.